The SMILES string of the molecule is CCCNC1CCN(S(=O)(=O)c2cccc(F)c2)CC1C. The minimum atomic E-state index is -3.60. The molecule has 1 aliphatic rings. The van der Waals surface area contributed by atoms with Crippen LogP contribution in [0.15, 0.2) is 29.2 Å². The molecule has 1 N–H and O–H groups in total. The van der Waals surface area contributed by atoms with E-state index < -0.39 is 15.8 Å². The van der Waals surface area contributed by atoms with Gasteiger partial charge in [0.25, 0.3) is 0 Å². The van der Waals surface area contributed by atoms with Crippen molar-refractivity contribution in [3.8, 4) is 0 Å². The number of nitrogens with one attached hydrogen (secondary N) is 1. The Labute approximate surface area is 126 Å². The van der Waals surface area contributed by atoms with Crippen LogP contribution in [0.4, 0.5) is 4.39 Å². The highest BCUT2D eigenvalue weighted by atomic mass is 32.2. The molecule has 1 aliphatic heterocycles. The lowest BCUT2D eigenvalue weighted by Gasteiger charge is -2.36. The van der Waals surface area contributed by atoms with Crippen LogP contribution in [0, 0.1) is 11.7 Å². The smallest absolute Gasteiger partial charge is 0.243 e. The molecule has 0 radical (unpaired) electrons. The molecule has 2 unspecified atom stereocenters. The molecule has 0 aliphatic carbocycles. The second-order valence-electron chi connectivity index (χ2n) is 5.65. The third kappa shape index (κ3) is 3.81. The van der Waals surface area contributed by atoms with Gasteiger partial charge in [0.15, 0.2) is 0 Å². The van der Waals surface area contributed by atoms with E-state index in [0.717, 1.165) is 25.5 Å². The molecule has 0 bridgehead atoms. The second kappa shape index (κ2) is 6.85. The van der Waals surface area contributed by atoms with Crippen molar-refractivity contribution in [1.82, 2.24) is 9.62 Å². The summed E-state index contributed by atoms with van der Waals surface area (Å²) in [6, 6.07) is 5.57. The van der Waals surface area contributed by atoms with Crippen molar-refractivity contribution in [2.45, 2.75) is 37.6 Å². The molecular weight excluding hydrogens is 291 g/mol. The molecule has 1 fully saturated rings. The van der Waals surface area contributed by atoms with Gasteiger partial charge in [-0.1, -0.05) is 19.9 Å². The minimum absolute atomic E-state index is 0.0367. The summed E-state index contributed by atoms with van der Waals surface area (Å²) in [5.41, 5.74) is 0. The van der Waals surface area contributed by atoms with E-state index in [1.807, 2.05) is 0 Å². The van der Waals surface area contributed by atoms with Crippen molar-refractivity contribution >= 4 is 10.0 Å². The summed E-state index contributed by atoms with van der Waals surface area (Å²) in [6.07, 6.45) is 1.85. The Bertz CT molecular complexity index is 577. The zero-order valence-electron chi connectivity index (χ0n) is 12.5. The van der Waals surface area contributed by atoms with Crippen LogP contribution in [-0.2, 0) is 10.0 Å². The lowest BCUT2D eigenvalue weighted by atomic mass is 9.95. The lowest BCUT2D eigenvalue weighted by molar-refractivity contribution is 0.220. The van der Waals surface area contributed by atoms with E-state index in [4.69, 9.17) is 0 Å². The van der Waals surface area contributed by atoms with Crippen LogP contribution in [0.2, 0.25) is 0 Å². The first-order valence-electron chi connectivity index (χ1n) is 7.44. The van der Waals surface area contributed by atoms with Gasteiger partial charge in [0, 0.05) is 19.1 Å². The minimum Gasteiger partial charge on any atom is -0.314 e. The highest BCUT2D eigenvalue weighted by molar-refractivity contribution is 7.89. The largest absolute Gasteiger partial charge is 0.314 e. The van der Waals surface area contributed by atoms with Crippen LogP contribution in [-0.4, -0.2) is 38.4 Å². The Morgan fingerprint density at radius 1 is 1.43 bits per heavy atom. The first-order chi connectivity index (χ1) is 9.95. The van der Waals surface area contributed by atoms with Gasteiger partial charge in [-0.25, -0.2) is 12.8 Å². The van der Waals surface area contributed by atoms with Crippen molar-refractivity contribution in [1.29, 1.82) is 0 Å². The van der Waals surface area contributed by atoms with Crippen molar-refractivity contribution < 1.29 is 12.8 Å². The summed E-state index contributed by atoms with van der Waals surface area (Å²) in [5, 5.41) is 3.46. The first kappa shape index (κ1) is 16.4. The number of piperidine rings is 1. The van der Waals surface area contributed by atoms with Crippen LogP contribution < -0.4 is 5.32 Å². The van der Waals surface area contributed by atoms with Gasteiger partial charge in [-0.2, -0.15) is 4.31 Å². The van der Waals surface area contributed by atoms with Crippen molar-refractivity contribution in [3.05, 3.63) is 30.1 Å². The van der Waals surface area contributed by atoms with Gasteiger partial charge < -0.3 is 5.32 Å². The molecule has 21 heavy (non-hydrogen) atoms. The predicted octanol–water partition coefficient (Wildman–Crippen LogP) is 2.22. The number of sulfonamides is 1. The quantitative estimate of drug-likeness (QED) is 0.906. The highest BCUT2D eigenvalue weighted by Gasteiger charge is 2.33. The predicted molar refractivity (Wildman–Crippen MR) is 81.0 cm³/mol. The number of hydrogen-bond donors (Lipinski definition) is 1. The topological polar surface area (TPSA) is 49.4 Å². The maximum Gasteiger partial charge on any atom is 0.243 e. The molecule has 0 spiro atoms. The fourth-order valence-corrected chi connectivity index (χ4v) is 4.32. The molecule has 1 saturated heterocycles. The zero-order valence-corrected chi connectivity index (χ0v) is 13.4. The average Bonchev–Trinajstić information content (AvgIpc) is 2.46. The summed E-state index contributed by atoms with van der Waals surface area (Å²) in [5.74, 6) is -0.280. The average molecular weight is 314 g/mol. The van der Waals surface area contributed by atoms with E-state index in [2.05, 4.69) is 19.2 Å². The number of rotatable bonds is 5. The van der Waals surface area contributed by atoms with Crippen LogP contribution in [0.25, 0.3) is 0 Å². The third-order valence-corrected chi connectivity index (χ3v) is 5.82. The van der Waals surface area contributed by atoms with Crippen molar-refractivity contribution in [3.63, 3.8) is 0 Å². The zero-order chi connectivity index (χ0) is 15.5. The Kier molecular flexibility index (Phi) is 5.35. The molecule has 4 nitrogen and oxygen atoms in total. The Hall–Kier alpha value is -0.980. The molecule has 1 aromatic carbocycles. The number of hydrogen-bond acceptors (Lipinski definition) is 3. The number of benzene rings is 1. The van der Waals surface area contributed by atoms with E-state index in [-0.39, 0.29) is 10.8 Å². The fraction of sp³-hybridized carbons (Fsp3) is 0.600. The van der Waals surface area contributed by atoms with Gasteiger partial charge in [-0.05, 0) is 43.5 Å². The van der Waals surface area contributed by atoms with Gasteiger partial charge in [-0.3, -0.25) is 0 Å². The highest BCUT2D eigenvalue weighted by Crippen LogP contribution is 2.24. The van der Waals surface area contributed by atoms with Gasteiger partial charge in [0.2, 0.25) is 10.0 Å². The van der Waals surface area contributed by atoms with Crippen molar-refractivity contribution in [2.75, 3.05) is 19.6 Å². The number of nitrogens with zero attached hydrogens (tertiary/aromatic N) is 1. The monoisotopic (exact) mass is 314 g/mol. The van der Waals surface area contributed by atoms with Crippen LogP contribution >= 0.6 is 0 Å². The molecule has 0 saturated carbocycles. The molecule has 0 aromatic heterocycles. The van der Waals surface area contributed by atoms with Crippen LogP contribution in [0.1, 0.15) is 26.7 Å². The maximum atomic E-state index is 13.2. The second-order valence-corrected chi connectivity index (χ2v) is 7.58. The van der Waals surface area contributed by atoms with Gasteiger partial charge >= 0.3 is 0 Å². The van der Waals surface area contributed by atoms with E-state index in [1.165, 1.54) is 22.5 Å². The van der Waals surface area contributed by atoms with Gasteiger partial charge in [0.1, 0.15) is 5.82 Å². The van der Waals surface area contributed by atoms with Crippen LogP contribution in [0.3, 0.4) is 0 Å². The van der Waals surface area contributed by atoms with E-state index in [9.17, 15) is 12.8 Å². The molecular formula is C15H23FN2O2S. The third-order valence-electron chi connectivity index (χ3n) is 3.96. The Morgan fingerprint density at radius 2 is 2.19 bits per heavy atom. The molecule has 1 heterocycles. The summed E-state index contributed by atoms with van der Waals surface area (Å²) in [4.78, 5) is 0.0367. The lowest BCUT2D eigenvalue weighted by Crippen LogP contribution is -2.50. The van der Waals surface area contributed by atoms with E-state index >= 15 is 0 Å². The van der Waals surface area contributed by atoms with E-state index in [1.54, 1.807) is 0 Å². The van der Waals surface area contributed by atoms with E-state index in [0.29, 0.717) is 19.1 Å². The normalized spacial score (nSPS) is 24.1. The fourth-order valence-electron chi connectivity index (χ4n) is 2.74. The molecule has 118 valence electrons. The number of halogens is 1. The molecule has 1 aromatic rings. The van der Waals surface area contributed by atoms with Crippen molar-refractivity contribution in [2.24, 2.45) is 5.92 Å². The van der Waals surface area contributed by atoms with Gasteiger partial charge in [0.05, 0.1) is 4.90 Å². The Morgan fingerprint density at radius 3 is 2.81 bits per heavy atom. The summed E-state index contributed by atoms with van der Waals surface area (Å²) in [6.45, 7) is 6.07. The first-order valence-corrected chi connectivity index (χ1v) is 8.88. The van der Waals surface area contributed by atoms with Crippen LogP contribution in [0.5, 0.6) is 0 Å². The standard InChI is InChI=1S/C15H23FN2O2S/c1-3-8-17-15-7-9-18(11-12(15)2)21(19,20)14-6-4-5-13(16)10-14/h4-6,10,12,15,17H,3,7-9,11H2,1-2H3. The van der Waals surface area contributed by atoms with Gasteiger partial charge in [-0.15, -0.1) is 0 Å². The molecule has 2 atom stereocenters. The maximum absolute atomic E-state index is 13.2. The summed E-state index contributed by atoms with van der Waals surface area (Å²) < 4.78 is 39.8. The summed E-state index contributed by atoms with van der Waals surface area (Å²) in [7, 11) is -3.60. The Balaban J connectivity index is 2.09. The molecule has 6 heteroatoms. The molecule has 0 amide bonds. The molecule has 2 rings (SSSR count). The summed E-state index contributed by atoms with van der Waals surface area (Å²) >= 11 is 0.